The Balaban J connectivity index is 2.20. The second kappa shape index (κ2) is 2.77. The second-order valence-corrected chi connectivity index (χ2v) is 3.26. The highest BCUT2D eigenvalue weighted by Crippen LogP contribution is 2.35. The highest BCUT2D eigenvalue weighted by atomic mass is 16.6. The first-order chi connectivity index (χ1) is 6.95. The van der Waals surface area contributed by atoms with Gasteiger partial charge in [-0.1, -0.05) is 24.3 Å². The standard InChI is InChI=1S/C12H9NO/c1-2-5-10-9(4-1)8-12-11(10)6-3-7-13-14-12/h1-8,13H. The van der Waals surface area contributed by atoms with Crippen LogP contribution in [-0.2, 0) is 4.84 Å². The summed E-state index contributed by atoms with van der Waals surface area (Å²) < 4.78 is 0. The molecule has 3 rings (SSSR count). The first-order valence-electron chi connectivity index (χ1n) is 4.56. The van der Waals surface area contributed by atoms with Crippen LogP contribution in [0.3, 0.4) is 0 Å². The van der Waals surface area contributed by atoms with Crippen molar-refractivity contribution in [2.24, 2.45) is 0 Å². The Morgan fingerprint density at radius 1 is 1.14 bits per heavy atom. The number of nitrogens with one attached hydrogen (secondary N) is 1. The number of fused-ring (bicyclic) bond motifs is 3. The first-order valence-corrected chi connectivity index (χ1v) is 4.56. The molecule has 0 radical (unpaired) electrons. The van der Waals surface area contributed by atoms with Crippen LogP contribution < -0.4 is 5.48 Å². The van der Waals surface area contributed by atoms with E-state index in [1.54, 1.807) is 6.20 Å². The van der Waals surface area contributed by atoms with Crippen molar-refractivity contribution in [1.82, 2.24) is 5.48 Å². The fourth-order valence-electron chi connectivity index (χ4n) is 1.76. The summed E-state index contributed by atoms with van der Waals surface area (Å²) in [7, 11) is 0. The lowest BCUT2D eigenvalue weighted by atomic mass is 10.1. The van der Waals surface area contributed by atoms with Gasteiger partial charge in [-0.15, -0.1) is 0 Å². The van der Waals surface area contributed by atoms with Crippen LogP contribution in [0.5, 0.6) is 0 Å². The topological polar surface area (TPSA) is 21.3 Å². The van der Waals surface area contributed by atoms with E-state index in [-0.39, 0.29) is 0 Å². The molecule has 1 aliphatic carbocycles. The maximum atomic E-state index is 5.37. The molecule has 0 atom stereocenters. The van der Waals surface area contributed by atoms with Crippen LogP contribution in [0.15, 0.2) is 48.4 Å². The van der Waals surface area contributed by atoms with E-state index in [2.05, 4.69) is 23.7 Å². The molecule has 0 spiro atoms. The zero-order valence-electron chi connectivity index (χ0n) is 7.53. The molecule has 0 aromatic heterocycles. The van der Waals surface area contributed by atoms with Gasteiger partial charge in [0.05, 0.1) is 0 Å². The van der Waals surface area contributed by atoms with E-state index >= 15 is 0 Å². The Bertz CT molecular complexity index is 469. The van der Waals surface area contributed by atoms with Crippen LogP contribution in [0.2, 0.25) is 0 Å². The molecule has 14 heavy (non-hydrogen) atoms. The van der Waals surface area contributed by atoms with Crippen LogP contribution in [0.25, 0.3) is 11.6 Å². The lowest BCUT2D eigenvalue weighted by molar-refractivity contribution is 0.160. The lowest BCUT2D eigenvalue weighted by Crippen LogP contribution is -2.03. The van der Waals surface area contributed by atoms with Crippen LogP contribution in [-0.4, -0.2) is 0 Å². The molecular formula is C12H9NO. The molecule has 1 N–H and O–H groups in total. The molecule has 1 aliphatic heterocycles. The number of hydrogen-bond donors (Lipinski definition) is 1. The summed E-state index contributed by atoms with van der Waals surface area (Å²) in [6.07, 6.45) is 7.81. The highest BCUT2D eigenvalue weighted by molar-refractivity contribution is 5.93. The molecule has 2 aliphatic rings. The monoisotopic (exact) mass is 183 g/mol. The van der Waals surface area contributed by atoms with Gasteiger partial charge in [-0.3, -0.25) is 0 Å². The lowest BCUT2D eigenvalue weighted by Gasteiger charge is -2.04. The largest absolute Gasteiger partial charge is 0.382 e. The Kier molecular flexibility index (Phi) is 1.47. The van der Waals surface area contributed by atoms with Gasteiger partial charge in [-0.25, -0.2) is 5.48 Å². The molecule has 0 unspecified atom stereocenters. The average Bonchev–Trinajstić information content (AvgIpc) is 2.42. The van der Waals surface area contributed by atoms with Crippen LogP contribution in [0.4, 0.5) is 0 Å². The van der Waals surface area contributed by atoms with Crippen molar-refractivity contribution in [2.75, 3.05) is 0 Å². The summed E-state index contributed by atoms with van der Waals surface area (Å²) in [5.41, 5.74) is 6.34. The van der Waals surface area contributed by atoms with Crippen LogP contribution in [0, 0.1) is 0 Å². The quantitative estimate of drug-likeness (QED) is 0.667. The molecular weight excluding hydrogens is 174 g/mol. The molecule has 0 amide bonds. The van der Waals surface area contributed by atoms with E-state index in [1.165, 1.54) is 11.1 Å². The zero-order valence-corrected chi connectivity index (χ0v) is 7.53. The van der Waals surface area contributed by atoms with Crippen molar-refractivity contribution < 1.29 is 4.84 Å². The molecule has 0 saturated carbocycles. The molecule has 1 aromatic rings. The van der Waals surface area contributed by atoms with Gasteiger partial charge in [0.1, 0.15) is 0 Å². The molecule has 2 heteroatoms. The average molecular weight is 183 g/mol. The van der Waals surface area contributed by atoms with E-state index in [4.69, 9.17) is 4.84 Å². The van der Waals surface area contributed by atoms with Gasteiger partial charge in [0.15, 0.2) is 5.76 Å². The van der Waals surface area contributed by atoms with Gasteiger partial charge in [-0.05, 0) is 29.4 Å². The SMILES string of the molecule is C1=CNOC2=Cc3ccccc3C2=C1. The number of allylic oxidation sites excluding steroid dienone is 3. The summed E-state index contributed by atoms with van der Waals surface area (Å²) in [6, 6.07) is 8.27. The molecule has 1 heterocycles. The second-order valence-electron chi connectivity index (χ2n) is 3.26. The van der Waals surface area contributed by atoms with Crippen LogP contribution in [0.1, 0.15) is 11.1 Å². The highest BCUT2D eigenvalue weighted by Gasteiger charge is 2.20. The third-order valence-electron chi connectivity index (χ3n) is 2.40. The smallest absolute Gasteiger partial charge is 0.163 e. The molecule has 0 bridgehead atoms. The van der Waals surface area contributed by atoms with Crippen molar-refractivity contribution >= 4 is 11.6 Å². The number of hydrogen-bond acceptors (Lipinski definition) is 2. The van der Waals surface area contributed by atoms with Gasteiger partial charge >= 0.3 is 0 Å². The van der Waals surface area contributed by atoms with E-state index < -0.39 is 0 Å². The van der Waals surface area contributed by atoms with Crippen molar-refractivity contribution in [3.05, 3.63) is 59.5 Å². The maximum Gasteiger partial charge on any atom is 0.163 e. The summed E-state index contributed by atoms with van der Waals surface area (Å²) >= 11 is 0. The Morgan fingerprint density at radius 3 is 3.07 bits per heavy atom. The Labute approximate surface area is 82.2 Å². The van der Waals surface area contributed by atoms with Crippen LogP contribution >= 0.6 is 0 Å². The summed E-state index contributed by atoms with van der Waals surface area (Å²) in [6.45, 7) is 0. The van der Waals surface area contributed by atoms with E-state index in [1.807, 2.05) is 24.3 Å². The minimum atomic E-state index is 0.885. The third-order valence-corrected chi connectivity index (χ3v) is 2.40. The molecule has 0 saturated heterocycles. The van der Waals surface area contributed by atoms with E-state index in [0.717, 1.165) is 11.3 Å². The predicted octanol–water partition coefficient (Wildman–Crippen LogP) is 2.47. The number of rotatable bonds is 0. The summed E-state index contributed by atoms with van der Waals surface area (Å²) in [4.78, 5) is 5.37. The number of hydroxylamine groups is 1. The molecule has 1 aromatic carbocycles. The maximum absolute atomic E-state index is 5.37. The van der Waals surface area contributed by atoms with Crippen molar-refractivity contribution in [1.29, 1.82) is 0 Å². The van der Waals surface area contributed by atoms with Crippen molar-refractivity contribution in [2.45, 2.75) is 0 Å². The normalized spacial score (nSPS) is 16.9. The summed E-state index contributed by atoms with van der Waals surface area (Å²) in [5, 5.41) is 0. The fourth-order valence-corrected chi connectivity index (χ4v) is 1.76. The van der Waals surface area contributed by atoms with E-state index in [0.29, 0.717) is 0 Å². The predicted molar refractivity (Wildman–Crippen MR) is 55.8 cm³/mol. The fraction of sp³-hybridized carbons (Fsp3) is 0. The van der Waals surface area contributed by atoms with Gasteiger partial charge < -0.3 is 4.84 Å². The minimum absolute atomic E-state index is 0.885. The number of benzene rings is 1. The van der Waals surface area contributed by atoms with Crippen molar-refractivity contribution in [3.63, 3.8) is 0 Å². The first kappa shape index (κ1) is 7.44. The van der Waals surface area contributed by atoms with Gasteiger partial charge in [0, 0.05) is 11.8 Å². The third kappa shape index (κ3) is 0.973. The Hall–Kier alpha value is -1.96. The van der Waals surface area contributed by atoms with E-state index in [9.17, 15) is 0 Å². The molecule has 68 valence electrons. The Morgan fingerprint density at radius 2 is 2.07 bits per heavy atom. The van der Waals surface area contributed by atoms with Gasteiger partial charge in [-0.2, -0.15) is 0 Å². The molecule has 2 nitrogen and oxygen atoms in total. The van der Waals surface area contributed by atoms with Gasteiger partial charge in [0.25, 0.3) is 0 Å². The van der Waals surface area contributed by atoms with Crippen molar-refractivity contribution in [3.8, 4) is 0 Å². The zero-order chi connectivity index (χ0) is 9.38. The summed E-state index contributed by atoms with van der Waals surface area (Å²) in [5.74, 6) is 0.885. The minimum Gasteiger partial charge on any atom is -0.382 e. The van der Waals surface area contributed by atoms with Gasteiger partial charge in [0.2, 0.25) is 0 Å². The molecule has 0 fully saturated rings.